The molecule has 0 aliphatic heterocycles. The van der Waals surface area contributed by atoms with E-state index in [2.05, 4.69) is 10.3 Å². The van der Waals surface area contributed by atoms with Crippen molar-refractivity contribution in [1.29, 1.82) is 0 Å². The molecule has 0 unspecified atom stereocenters. The lowest BCUT2D eigenvalue weighted by Crippen LogP contribution is -2.24. The Balaban J connectivity index is 1.66. The number of pyridine rings is 1. The first-order chi connectivity index (χ1) is 17.5. The number of carbonyl (C=O) groups is 1. The molecule has 0 saturated heterocycles. The number of rotatable bonds is 7. The summed E-state index contributed by atoms with van der Waals surface area (Å²) >= 11 is 6.09. The molecule has 0 saturated carbocycles. The van der Waals surface area contributed by atoms with Crippen molar-refractivity contribution in [1.82, 2.24) is 15.3 Å². The first-order valence-electron chi connectivity index (χ1n) is 11.3. The van der Waals surface area contributed by atoms with Crippen LogP contribution in [0, 0.1) is 0 Å². The molecule has 36 heavy (non-hydrogen) atoms. The van der Waals surface area contributed by atoms with E-state index in [9.17, 15) is 4.79 Å². The highest BCUT2D eigenvalue weighted by Crippen LogP contribution is 2.42. The van der Waals surface area contributed by atoms with Crippen LogP contribution in [0.5, 0.6) is 17.2 Å². The summed E-state index contributed by atoms with van der Waals surface area (Å²) in [6.45, 7) is 0.326. The van der Waals surface area contributed by atoms with Crippen molar-refractivity contribution >= 4 is 39.3 Å². The van der Waals surface area contributed by atoms with Gasteiger partial charge in [-0.15, -0.1) is 0 Å². The van der Waals surface area contributed by atoms with Gasteiger partial charge in [-0.2, -0.15) is 0 Å². The summed E-state index contributed by atoms with van der Waals surface area (Å²) < 4.78 is 16.6. The lowest BCUT2D eigenvalue weighted by molar-refractivity contribution is 0.0946. The number of amides is 1. The molecule has 5 aromatic rings. The number of hydrogen-bond acceptors (Lipinski definition) is 5. The summed E-state index contributed by atoms with van der Waals surface area (Å²) in [7, 11) is 4.68. The molecule has 2 heterocycles. The lowest BCUT2D eigenvalue weighted by atomic mass is 10.0. The molecule has 8 heteroatoms. The lowest BCUT2D eigenvalue weighted by Gasteiger charge is -2.15. The van der Waals surface area contributed by atoms with E-state index in [1.165, 1.54) is 0 Å². The molecule has 0 aliphatic carbocycles. The fourth-order valence-electron chi connectivity index (χ4n) is 4.31. The molecule has 3 aromatic carbocycles. The zero-order valence-corrected chi connectivity index (χ0v) is 20.8. The number of carbonyl (C=O) groups excluding carboxylic acids is 1. The standard InChI is InChI=1S/C28H24ClN3O4/c1-34-23-12-17(13-24(35-2)27(23)36-3)25-26-20(19-9-4-5-10-21(19)31-26)14-22(32-25)28(33)30-15-16-7-6-8-18(29)11-16/h4-14,31H,15H2,1-3H3,(H,30,33). The average Bonchev–Trinajstić information content (AvgIpc) is 3.29. The van der Waals surface area contributed by atoms with Gasteiger partial charge in [0.1, 0.15) is 5.69 Å². The summed E-state index contributed by atoms with van der Waals surface area (Å²) in [5.74, 6) is 1.17. The number of methoxy groups -OCH3 is 3. The van der Waals surface area contributed by atoms with E-state index in [0.717, 1.165) is 27.4 Å². The van der Waals surface area contributed by atoms with Gasteiger partial charge in [-0.25, -0.2) is 4.98 Å². The topological polar surface area (TPSA) is 85.5 Å². The van der Waals surface area contributed by atoms with E-state index in [4.69, 9.17) is 30.8 Å². The molecular formula is C28H24ClN3O4. The number of benzene rings is 3. The van der Waals surface area contributed by atoms with E-state index in [0.29, 0.717) is 40.1 Å². The van der Waals surface area contributed by atoms with E-state index < -0.39 is 0 Å². The second kappa shape index (κ2) is 9.79. The predicted octanol–water partition coefficient (Wildman–Crippen LogP) is 5.99. The summed E-state index contributed by atoms with van der Waals surface area (Å²) in [4.78, 5) is 21.5. The highest BCUT2D eigenvalue weighted by molar-refractivity contribution is 6.30. The molecule has 2 aromatic heterocycles. The Hall–Kier alpha value is -4.23. The van der Waals surface area contributed by atoms with Crippen molar-refractivity contribution in [2.45, 2.75) is 6.54 Å². The van der Waals surface area contributed by atoms with Crippen LogP contribution in [-0.4, -0.2) is 37.2 Å². The first-order valence-corrected chi connectivity index (χ1v) is 11.6. The van der Waals surface area contributed by atoms with Crippen molar-refractivity contribution in [2.75, 3.05) is 21.3 Å². The minimum absolute atomic E-state index is 0.290. The SMILES string of the molecule is COc1cc(-c2nc(C(=O)NCc3cccc(Cl)c3)cc3c2[nH]c2ccccc23)cc(OC)c1OC. The minimum atomic E-state index is -0.296. The molecule has 7 nitrogen and oxygen atoms in total. The zero-order valence-electron chi connectivity index (χ0n) is 20.0. The maximum atomic E-state index is 13.2. The third kappa shape index (κ3) is 4.29. The van der Waals surface area contributed by atoms with Gasteiger partial charge in [0.15, 0.2) is 11.5 Å². The van der Waals surface area contributed by atoms with Crippen LogP contribution in [0.25, 0.3) is 33.1 Å². The molecule has 182 valence electrons. The monoisotopic (exact) mass is 501 g/mol. The van der Waals surface area contributed by atoms with E-state index in [1.807, 2.05) is 60.7 Å². The Bertz CT molecular complexity index is 1570. The highest BCUT2D eigenvalue weighted by atomic mass is 35.5. The molecule has 0 radical (unpaired) electrons. The van der Waals surface area contributed by atoms with Crippen LogP contribution in [0.15, 0.2) is 66.7 Å². The van der Waals surface area contributed by atoms with Gasteiger partial charge >= 0.3 is 0 Å². The van der Waals surface area contributed by atoms with Crippen LogP contribution in [0.2, 0.25) is 5.02 Å². The van der Waals surface area contributed by atoms with Gasteiger partial charge in [0.25, 0.3) is 5.91 Å². The number of H-pyrrole nitrogens is 1. The molecule has 0 bridgehead atoms. The molecule has 2 N–H and O–H groups in total. The van der Waals surface area contributed by atoms with Gasteiger partial charge in [-0.3, -0.25) is 4.79 Å². The van der Waals surface area contributed by atoms with Crippen LogP contribution in [0.1, 0.15) is 16.1 Å². The molecule has 5 rings (SSSR count). The third-order valence-electron chi connectivity index (χ3n) is 6.01. The number of nitrogens with zero attached hydrogens (tertiary/aromatic N) is 1. The summed E-state index contributed by atoms with van der Waals surface area (Å²) in [6.07, 6.45) is 0. The number of aromatic amines is 1. The molecule has 0 spiro atoms. The Morgan fingerprint density at radius 2 is 1.67 bits per heavy atom. The Kier molecular flexibility index (Phi) is 6.40. The van der Waals surface area contributed by atoms with Crippen molar-refractivity contribution in [3.8, 4) is 28.5 Å². The summed E-state index contributed by atoms with van der Waals surface area (Å²) in [5, 5.41) is 5.44. The smallest absolute Gasteiger partial charge is 0.270 e. The number of hydrogen-bond donors (Lipinski definition) is 2. The van der Waals surface area contributed by atoms with Crippen molar-refractivity contribution in [3.63, 3.8) is 0 Å². The minimum Gasteiger partial charge on any atom is -0.493 e. The third-order valence-corrected chi connectivity index (χ3v) is 6.24. The van der Waals surface area contributed by atoms with Gasteiger partial charge in [-0.1, -0.05) is 41.9 Å². The fourth-order valence-corrected chi connectivity index (χ4v) is 4.52. The largest absolute Gasteiger partial charge is 0.493 e. The second-order valence-corrected chi connectivity index (χ2v) is 8.61. The van der Waals surface area contributed by atoms with Gasteiger partial charge in [0, 0.05) is 33.4 Å². The number of ether oxygens (including phenoxy) is 3. The van der Waals surface area contributed by atoms with Gasteiger partial charge < -0.3 is 24.5 Å². The molecule has 0 fully saturated rings. The fraction of sp³-hybridized carbons (Fsp3) is 0.143. The predicted molar refractivity (Wildman–Crippen MR) is 141 cm³/mol. The van der Waals surface area contributed by atoms with E-state index in [-0.39, 0.29) is 11.6 Å². The van der Waals surface area contributed by atoms with Crippen LogP contribution < -0.4 is 19.5 Å². The number of fused-ring (bicyclic) bond motifs is 3. The number of aromatic nitrogens is 2. The van der Waals surface area contributed by atoms with Crippen molar-refractivity contribution in [2.24, 2.45) is 0 Å². The molecule has 1 amide bonds. The quantitative estimate of drug-likeness (QED) is 0.286. The average molecular weight is 502 g/mol. The zero-order chi connectivity index (χ0) is 25.2. The van der Waals surface area contributed by atoms with Crippen LogP contribution in [0.3, 0.4) is 0 Å². The van der Waals surface area contributed by atoms with E-state index in [1.54, 1.807) is 27.4 Å². The van der Waals surface area contributed by atoms with Crippen LogP contribution >= 0.6 is 11.6 Å². The maximum absolute atomic E-state index is 13.2. The Morgan fingerprint density at radius 3 is 2.36 bits per heavy atom. The Morgan fingerprint density at radius 1 is 0.917 bits per heavy atom. The summed E-state index contributed by atoms with van der Waals surface area (Å²) in [6, 6.07) is 20.8. The highest BCUT2D eigenvalue weighted by Gasteiger charge is 2.20. The van der Waals surface area contributed by atoms with Crippen LogP contribution in [0.4, 0.5) is 0 Å². The molecular weight excluding hydrogens is 478 g/mol. The first kappa shape index (κ1) is 23.5. The van der Waals surface area contributed by atoms with Crippen LogP contribution in [-0.2, 0) is 6.54 Å². The normalized spacial score (nSPS) is 11.0. The van der Waals surface area contributed by atoms with Gasteiger partial charge in [0.05, 0.1) is 32.5 Å². The maximum Gasteiger partial charge on any atom is 0.270 e. The number of halogens is 1. The van der Waals surface area contributed by atoms with E-state index >= 15 is 0 Å². The number of nitrogens with one attached hydrogen (secondary N) is 2. The van der Waals surface area contributed by atoms with Crippen molar-refractivity contribution in [3.05, 3.63) is 83.0 Å². The van der Waals surface area contributed by atoms with Gasteiger partial charge in [0.2, 0.25) is 5.75 Å². The molecule has 0 aliphatic rings. The second-order valence-electron chi connectivity index (χ2n) is 8.18. The van der Waals surface area contributed by atoms with Gasteiger partial charge in [-0.05, 0) is 42.0 Å². The summed E-state index contributed by atoms with van der Waals surface area (Å²) in [5.41, 5.74) is 4.24. The van der Waals surface area contributed by atoms with Crippen molar-refractivity contribution < 1.29 is 19.0 Å². The Labute approximate surface area is 213 Å². The number of para-hydroxylation sites is 1. The molecule has 0 atom stereocenters.